The molecule has 0 saturated heterocycles. The van der Waals surface area contributed by atoms with Gasteiger partial charge < -0.3 is 14.0 Å². The van der Waals surface area contributed by atoms with Gasteiger partial charge in [0.2, 0.25) is 0 Å². The van der Waals surface area contributed by atoms with E-state index in [-0.39, 0.29) is 12.5 Å². The minimum atomic E-state index is -0.122. The highest BCUT2D eigenvalue weighted by Crippen LogP contribution is 2.31. The number of aryl methyl sites for hydroxylation is 2. The van der Waals surface area contributed by atoms with Crippen molar-refractivity contribution in [3.63, 3.8) is 0 Å². The normalized spacial score (nSPS) is 10.9. The van der Waals surface area contributed by atoms with E-state index in [1.807, 2.05) is 29.0 Å². The second kappa shape index (κ2) is 10.3. The van der Waals surface area contributed by atoms with Crippen LogP contribution in [0, 0.1) is 0 Å². The maximum atomic E-state index is 13.2. The zero-order chi connectivity index (χ0) is 22.3. The van der Waals surface area contributed by atoms with Crippen LogP contribution in [0.1, 0.15) is 18.9 Å². The fourth-order valence-corrected chi connectivity index (χ4v) is 4.50. The lowest BCUT2D eigenvalue weighted by molar-refractivity contribution is -0.120. The van der Waals surface area contributed by atoms with Crippen molar-refractivity contribution < 1.29 is 14.3 Å². The van der Waals surface area contributed by atoms with Crippen LogP contribution in [-0.4, -0.2) is 40.7 Å². The molecule has 0 atom stereocenters. The summed E-state index contributed by atoms with van der Waals surface area (Å²) in [7, 11) is 1.61. The summed E-state index contributed by atoms with van der Waals surface area (Å²) in [5, 5.41) is 0.704. The molecule has 0 radical (unpaired) electrons. The second-order valence-corrected chi connectivity index (χ2v) is 8.29. The van der Waals surface area contributed by atoms with Gasteiger partial charge in [0, 0.05) is 25.5 Å². The van der Waals surface area contributed by atoms with Crippen molar-refractivity contribution in [3.05, 3.63) is 66.7 Å². The number of thiazole rings is 1. The number of anilines is 1. The molecule has 0 fully saturated rings. The number of fused-ring (bicyclic) bond motifs is 1. The lowest BCUT2D eigenvalue weighted by atomic mass is 10.1. The first kappa shape index (κ1) is 21.8. The number of carbonyl (C=O) groups excluding carboxylic acids is 1. The predicted octanol–water partition coefficient (Wildman–Crippen LogP) is 4.57. The number of amides is 1. The topological polar surface area (TPSA) is 69.5 Å². The number of nitrogens with zero attached hydrogens (tertiary/aromatic N) is 4. The van der Waals surface area contributed by atoms with Gasteiger partial charge in [-0.2, -0.15) is 0 Å². The molecule has 0 aliphatic carbocycles. The van der Waals surface area contributed by atoms with Crippen molar-refractivity contribution in [2.24, 2.45) is 0 Å². The number of hydrogen-bond acceptors (Lipinski definition) is 6. The fourth-order valence-electron chi connectivity index (χ4n) is 3.45. The lowest BCUT2D eigenvalue weighted by Crippen LogP contribution is -2.36. The molecule has 0 aliphatic heterocycles. The molecule has 0 N–H and O–H groups in total. The molecule has 2 aromatic carbocycles. The Morgan fingerprint density at radius 1 is 1.16 bits per heavy atom. The quantitative estimate of drug-likeness (QED) is 0.354. The third-order valence-corrected chi connectivity index (χ3v) is 6.23. The van der Waals surface area contributed by atoms with Gasteiger partial charge in [0.15, 0.2) is 11.7 Å². The van der Waals surface area contributed by atoms with Crippen LogP contribution in [-0.2, 0) is 17.8 Å². The Bertz CT molecular complexity index is 1160. The number of rotatable bonds is 10. The number of carbonyl (C=O) groups is 1. The Morgan fingerprint density at radius 3 is 2.69 bits per heavy atom. The Hall–Kier alpha value is -3.39. The molecule has 2 aromatic heterocycles. The maximum absolute atomic E-state index is 13.2. The molecule has 2 heterocycles. The molecule has 7 nitrogen and oxygen atoms in total. The van der Waals surface area contributed by atoms with Gasteiger partial charge in [-0.1, -0.05) is 30.4 Å². The summed E-state index contributed by atoms with van der Waals surface area (Å²) in [5.41, 5.74) is 2.16. The smallest absolute Gasteiger partial charge is 0.266 e. The van der Waals surface area contributed by atoms with Crippen LogP contribution >= 0.6 is 11.3 Å². The number of benzene rings is 2. The van der Waals surface area contributed by atoms with Gasteiger partial charge in [0.05, 0.1) is 23.7 Å². The molecule has 32 heavy (non-hydrogen) atoms. The number of aromatic nitrogens is 3. The summed E-state index contributed by atoms with van der Waals surface area (Å²) in [5.74, 6) is 1.24. The van der Waals surface area contributed by atoms with Gasteiger partial charge in [-0.25, -0.2) is 9.97 Å². The molecule has 4 aromatic rings. The average Bonchev–Trinajstić information content (AvgIpc) is 3.50. The summed E-state index contributed by atoms with van der Waals surface area (Å²) >= 11 is 1.54. The summed E-state index contributed by atoms with van der Waals surface area (Å²) in [6.45, 7) is 3.37. The maximum Gasteiger partial charge on any atom is 0.266 e. The Labute approximate surface area is 191 Å². The average molecular weight is 451 g/mol. The predicted molar refractivity (Wildman–Crippen MR) is 127 cm³/mol. The molecule has 166 valence electrons. The van der Waals surface area contributed by atoms with E-state index in [4.69, 9.17) is 14.5 Å². The standard InChI is InChI=1S/C24H26N4O3S/c1-3-18-6-4-7-21-23(18)26-24(32-21)28(14-5-13-27-15-12-25-17-27)22(29)16-31-20-10-8-19(30-2)9-11-20/h4,6-12,15,17H,3,5,13-14,16H2,1-2H3. The molecular weight excluding hydrogens is 424 g/mol. The molecule has 0 unspecified atom stereocenters. The van der Waals surface area contributed by atoms with Gasteiger partial charge >= 0.3 is 0 Å². The second-order valence-electron chi connectivity index (χ2n) is 7.28. The monoisotopic (exact) mass is 450 g/mol. The minimum Gasteiger partial charge on any atom is -0.497 e. The van der Waals surface area contributed by atoms with E-state index in [0.29, 0.717) is 17.4 Å². The van der Waals surface area contributed by atoms with Gasteiger partial charge in [-0.3, -0.25) is 9.69 Å². The van der Waals surface area contributed by atoms with Crippen LogP contribution in [0.3, 0.4) is 0 Å². The summed E-state index contributed by atoms with van der Waals surface area (Å²) in [6.07, 6.45) is 7.14. The summed E-state index contributed by atoms with van der Waals surface area (Å²) < 4.78 is 14.0. The number of hydrogen-bond donors (Lipinski definition) is 0. The van der Waals surface area contributed by atoms with Crippen molar-refractivity contribution in [2.75, 3.05) is 25.2 Å². The van der Waals surface area contributed by atoms with E-state index in [1.165, 1.54) is 5.56 Å². The van der Waals surface area contributed by atoms with Crippen molar-refractivity contribution in [1.29, 1.82) is 0 Å². The fraction of sp³-hybridized carbons (Fsp3) is 0.292. The van der Waals surface area contributed by atoms with Gasteiger partial charge in [-0.05, 0) is 48.7 Å². The van der Waals surface area contributed by atoms with Gasteiger partial charge in [0.25, 0.3) is 5.91 Å². The number of imidazole rings is 1. The van der Waals surface area contributed by atoms with Gasteiger partial charge in [0.1, 0.15) is 11.5 Å². The number of para-hydroxylation sites is 1. The largest absolute Gasteiger partial charge is 0.497 e. The van der Waals surface area contributed by atoms with E-state index in [1.54, 1.807) is 48.0 Å². The first-order valence-corrected chi connectivity index (χ1v) is 11.4. The van der Waals surface area contributed by atoms with Crippen LogP contribution in [0.5, 0.6) is 11.5 Å². The van der Waals surface area contributed by atoms with Crippen LogP contribution in [0.4, 0.5) is 5.13 Å². The highest BCUT2D eigenvalue weighted by Gasteiger charge is 2.21. The highest BCUT2D eigenvalue weighted by atomic mass is 32.1. The van der Waals surface area contributed by atoms with Crippen LogP contribution < -0.4 is 14.4 Å². The first-order chi connectivity index (χ1) is 15.7. The third kappa shape index (κ3) is 5.08. The lowest BCUT2D eigenvalue weighted by Gasteiger charge is -2.20. The van der Waals surface area contributed by atoms with E-state index < -0.39 is 0 Å². The van der Waals surface area contributed by atoms with E-state index in [2.05, 4.69) is 24.0 Å². The molecule has 8 heteroatoms. The van der Waals surface area contributed by atoms with Crippen LogP contribution in [0.15, 0.2) is 61.2 Å². The van der Waals surface area contributed by atoms with E-state index in [9.17, 15) is 4.79 Å². The zero-order valence-electron chi connectivity index (χ0n) is 18.2. The summed E-state index contributed by atoms with van der Waals surface area (Å²) in [6, 6.07) is 13.4. The molecule has 0 spiro atoms. The number of ether oxygens (including phenoxy) is 2. The third-order valence-electron chi connectivity index (χ3n) is 5.18. The minimum absolute atomic E-state index is 0.0615. The molecular formula is C24H26N4O3S. The SMILES string of the molecule is CCc1cccc2sc(N(CCCn3ccnc3)C(=O)COc3ccc(OC)cc3)nc12. The summed E-state index contributed by atoms with van der Waals surface area (Å²) in [4.78, 5) is 23.8. The molecule has 0 aliphatic rings. The van der Waals surface area contributed by atoms with Crippen molar-refractivity contribution in [1.82, 2.24) is 14.5 Å². The first-order valence-electron chi connectivity index (χ1n) is 10.6. The molecule has 4 rings (SSSR count). The molecule has 0 bridgehead atoms. The van der Waals surface area contributed by atoms with Crippen molar-refractivity contribution in [2.45, 2.75) is 26.3 Å². The number of methoxy groups -OCH3 is 1. The van der Waals surface area contributed by atoms with Gasteiger partial charge in [-0.15, -0.1) is 0 Å². The Balaban J connectivity index is 1.51. The van der Waals surface area contributed by atoms with Crippen molar-refractivity contribution >= 4 is 32.6 Å². The van der Waals surface area contributed by atoms with E-state index >= 15 is 0 Å². The molecule has 0 saturated carbocycles. The molecule has 1 amide bonds. The van der Waals surface area contributed by atoms with Crippen molar-refractivity contribution in [3.8, 4) is 11.5 Å². The van der Waals surface area contributed by atoms with E-state index in [0.717, 1.165) is 35.4 Å². The zero-order valence-corrected chi connectivity index (χ0v) is 19.0. The Morgan fingerprint density at radius 2 is 1.97 bits per heavy atom. The van der Waals surface area contributed by atoms with Crippen LogP contribution in [0.25, 0.3) is 10.2 Å². The highest BCUT2D eigenvalue weighted by molar-refractivity contribution is 7.22. The van der Waals surface area contributed by atoms with Crippen LogP contribution in [0.2, 0.25) is 0 Å². The Kier molecular flexibility index (Phi) is 7.01.